The van der Waals surface area contributed by atoms with Crippen molar-refractivity contribution in [2.24, 2.45) is 0 Å². The van der Waals surface area contributed by atoms with Gasteiger partial charge < -0.3 is 5.32 Å². The molecule has 36 heavy (non-hydrogen) atoms. The van der Waals surface area contributed by atoms with E-state index < -0.39 is 11.8 Å². The van der Waals surface area contributed by atoms with E-state index in [1.54, 1.807) is 48.5 Å². The SMILES string of the molecule is O=C(CN1C(=O)C(=C2SC(=S)N(CCc3ccccc3)C2=O)c2ccccc21)Nc1ccccc1Cl. The number of thioether (sulfide) groups is 1. The standard InChI is InChI=1S/C27H20ClN3O3S2/c28-19-11-5-6-12-20(19)29-22(32)16-31-21-13-7-4-10-18(21)23(25(31)33)24-26(34)30(27(35)36-24)15-14-17-8-2-1-3-9-17/h1-13H,14-16H2,(H,29,32). The highest BCUT2D eigenvalue weighted by molar-refractivity contribution is 8.26. The summed E-state index contributed by atoms with van der Waals surface area (Å²) in [6, 6.07) is 23.9. The third-order valence-electron chi connectivity index (χ3n) is 5.92. The van der Waals surface area contributed by atoms with Gasteiger partial charge in [0, 0.05) is 12.1 Å². The van der Waals surface area contributed by atoms with Gasteiger partial charge in [0.25, 0.3) is 11.8 Å². The smallest absolute Gasteiger partial charge is 0.267 e. The number of hydrogen-bond acceptors (Lipinski definition) is 5. The van der Waals surface area contributed by atoms with Crippen molar-refractivity contribution < 1.29 is 14.4 Å². The maximum atomic E-state index is 13.6. The van der Waals surface area contributed by atoms with Crippen molar-refractivity contribution in [3.63, 3.8) is 0 Å². The number of anilines is 2. The maximum Gasteiger partial charge on any atom is 0.267 e. The number of nitrogens with zero attached hydrogens (tertiary/aromatic N) is 2. The van der Waals surface area contributed by atoms with Crippen LogP contribution in [0.25, 0.3) is 5.57 Å². The first-order chi connectivity index (χ1) is 17.4. The van der Waals surface area contributed by atoms with Crippen molar-refractivity contribution in [1.29, 1.82) is 0 Å². The zero-order valence-electron chi connectivity index (χ0n) is 18.9. The molecule has 3 aromatic carbocycles. The van der Waals surface area contributed by atoms with Gasteiger partial charge in [0.1, 0.15) is 10.9 Å². The molecule has 2 aliphatic heterocycles. The number of para-hydroxylation sites is 2. The largest absolute Gasteiger partial charge is 0.323 e. The molecule has 5 rings (SSSR count). The van der Waals surface area contributed by atoms with Gasteiger partial charge in [-0.1, -0.05) is 96.2 Å². The lowest BCUT2D eigenvalue weighted by Gasteiger charge is -2.17. The molecule has 0 radical (unpaired) electrons. The quantitative estimate of drug-likeness (QED) is 0.351. The monoisotopic (exact) mass is 533 g/mol. The molecule has 0 aliphatic carbocycles. The first-order valence-electron chi connectivity index (χ1n) is 11.2. The lowest BCUT2D eigenvalue weighted by Crippen LogP contribution is -2.35. The number of hydrogen-bond donors (Lipinski definition) is 1. The second-order valence-corrected chi connectivity index (χ2v) is 10.3. The van der Waals surface area contributed by atoms with Crippen LogP contribution in [0, 0.1) is 0 Å². The molecule has 3 amide bonds. The molecule has 0 aromatic heterocycles. The second-order valence-electron chi connectivity index (χ2n) is 8.20. The summed E-state index contributed by atoms with van der Waals surface area (Å²) in [7, 11) is 0. The molecule has 0 unspecified atom stereocenters. The molecule has 2 aliphatic rings. The predicted octanol–water partition coefficient (Wildman–Crippen LogP) is 5.14. The fraction of sp³-hybridized carbons (Fsp3) is 0.111. The highest BCUT2D eigenvalue weighted by Crippen LogP contribution is 2.44. The van der Waals surface area contributed by atoms with Crippen LogP contribution in [-0.4, -0.2) is 40.0 Å². The number of benzene rings is 3. The molecular formula is C27H20ClN3O3S2. The van der Waals surface area contributed by atoms with Gasteiger partial charge in [-0.15, -0.1) is 0 Å². The van der Waals surface area contributed by atoms with Crippen LogP contribution in [0.5, 0.6) is 0 Å². The summed E-state index contributed by atoms with van der Waals surface area (Å²) in [6.07, 6.45) is 0.648. The molecule has 0 bridgehead atoms. The van der Waals surface area contributed by atoms with Crippen LogP contribution >= 0.6 is 35.6 Å². The van der Waals surface area contributed by atoms with E-state index in [0.717, 1.165) is 17.3 Å². The second kappa shape index (κ2) is 10.3. The molecule has 9 heteroatoms. The third kappa shape index (κ3) is 4.67. The molecule has 180 valence electrons. The van der Waals surface area contributed by atoms with Gasteiger partial charge in [0.2, 0.25) is 5.91 Å². The Morgan fingerprint density at radius 1 is 0.889 bits per heavy atom. The number of carbonyl (C=O) groups excluding carboxylic acids is 3. The van der Waals surface area contributed by atoms with Gasteiger partial charge in [0.15, 0.2) is 0 Å². The van der Waals surface area contributed by atoms with Gasteiger partial charge in [-0.2, -0.15) is 0 Å². The van der Waals surface area contributed by atoms with E-state index in [2.05, 4.69) is 5.32 Å². The predicted molar refractivity (Wildman–Crippen MR) is 148 cm³/mol. The normalized spacial score (nSPS) is 17.1. The zero-order chi connectivity index (χ0) is 25.2. The van der Waals surface area contributed by atoms with E-state index in [1.165, 1.54) is 9.80 Å². The van der Waals surface area contributed by atoms with Gasteiger partial charge in [0.05, 0.1) is 26.9 Å². The summed E-state index contributed by atoms with van der Waals surface area (Å²) in [6.45, 7) is 0.199. The average molecular weight is 534 g/mol. The van der Waals surface area contributed by atoms with Crippen molar-refractivity contribution in [2.75, 3.05) is 23.3 Å². The van der Waals surface area contributed by atoms with Crippen LogP contribution in [0.1, 0.15) is 11.1 Å². The van der Waals surface area contributed by atoms with Crippen LogP contribution in [0.15, 0.2) is 83.8 Å². The molecule has 0 atom stereocenters. The van der Waals surface area contributed by atoms with Gasteiger partial charge in [-0.25, -0.2) is 0 Å². The van der Waals surface area contributed by atoms with Crippen molar-refractivity contribution in [2.45, 2.75) is 6.42 Å². The molecule has 0 saturated carbocycles. The summed E-state index contributed by atoms with van der Waals surface area (Å²) >= 11 is 12.8. The summed E-state index contributed by atoms with van der Waals surface area (Å²) < 4.78 is 0.415. The molecule has 0 spiro atoms. The molecule has 1 N–H and O–H groups in total. The molecule has 3 aromatic rings. The number of halogens is 1. The first kappa shape index (κ1) is 24.2. The van der Waals surface area contributed by atoms with E-state index in [0.29, 0.717) is 44.2 Å². The van der Waals surface area contributed by atoms with E-state index in [4.69, 9.17) is 23.8 Å². The van der Waals surface area contributed by atoms with Gasteiger partial charge in [-0.05, 0) is 30.2 Å². The Morgan fingerprint density at radius 3 is 2.36 bits per heavy atom. The number of rotatable bonds is 6. The molecular weight excluding hydrogens is 514 g/mol. The number of amides is 3. The van der Waals surface area contributed by atoms with E-state index in [-0.39, 0.29) is 18.0 Å². The van der Waals surface area contributed by atoms with E-state index in [1.807, 2.05) is 30.3 Å². The van der Waals surface area contributed by atoms with Crippen molar-refractivity contribution >= 4 is 74.6 Å². The van der Waals surface area contributed by atoms with Crippen LogP contribution in [0.4, 0.5) is 11.4 Å². The number of carbonyl (C=O) groups is 3. The highest BCUT2D eigenvalue weighted by atomic mass is 35.5. The Kier molecular flexibility index (Phi) is 6.91. The van der Waals surface area contributed by atoms with Crippen LogP contribution in [-0.2, 0) is 20.8 Å². The van der Waals surface area contributed by atoms with Gasteiger partial charge in [-0.3, -0.25) is 24.2 Å². The Hall–Kier alpha value is -3.46. The lowest BCUT2D eigenvalue weighted by atomic mass is 10.1. The fourth-order valence-corrected chi connectivity index (χ4v) is 5.74. The van der Waals surface area contributed by atoms with Crippen molar-refractivity contribution in [3.8, 4) is 0 Å². The summed E-state index contributed by atoms with van der Waals surface area (Å²) in [5.41, 5.74) is 3.01. The number of fused-ring (bicyclic) bond motifs is 1. The molecule has 2 heterocycles. The topological polar surface area (TPSA) is 69.7 Å². The lowest BCUT2D eigenvalue weighted by molar-refractivity contribution is -0.122. The average Bonchev–Trinajstić information content (AvgIpc) is 3.31. The van der Waals surface area contributed by atoms with Crippen LogP contribution < -0.4 is 10.2 Å². The third-order valence-corrected chi connectivity index (χ3v) is 7.69. The number of nitrogens with one attached hydrogen (secondary N) is 1. The van der Waals surface area contributed by atoms with Crippen LogP contribution in [0.2, 0.25) is 5.02 Å². The van der Waals surface area contributed by atoms with Crippen LogP contribution in [0.3, 0.4) is 0 Å². The fourth-order valence-electron chi connectivity index (χ4n) is 4.18. The highest BCUT2D eigenvalue weighted by Gasteiger charge is 2.42. The summed E-state index contributed by atoms with van der Waals surface area (Å²) in [5, 5.41) is 3.15. The summed E-state index contributed by atoms with van der Waals surface area (Å²) in [5.74, 6) is -1.10. The van der Waals surface area contributed by atoms with E-state index in [9.17, 15) is 14.4 Å². The Bertz CT molecular complexity index is 1420. The minimum atomic E-state index is -0.408. The Morgan fingerprint density at radius 2 is 1.58 bits per heavy atom. The zero-order valence-corrected chi connectivity index (χ0v) is 21.3. The minimum Gasteiger partial charge on any atom is -0.323 e. The van der Waals surface area contributed by atoms with Crippen molar-refractivity contribution in [1.82, 2.24) is 4.90 Å². The molecule has 1 fully saturated rings. The first-order valence-corrected chi connectivity index (χ1v) is 12.8. The maximum absolute atomic E-state index is 13.6. The van der Waals surface area contributed by atoms with Gasteiger partial charge >= 0.3 is 0 Å². The summed E-state index contributed by atoms with van der Waals surface area (Å²) in [4.78, 5) is 43.0. The minimum absolute atomic E-state index is 0.223. The van der Waals surface area contributed by atoms with Crippen molar-refractivity contribution in [3.05, 3.63) is 99.9 Å². The van der Waals surface area contributed by atoms with E-state index >= 15 is 0 Å². The molecule has 6 nitrogen and oxygen atoms in total. The Labute approximate surface area is 222 Å². The molecule has 1 saturated heterocycles. The Balaban J connectivity index is 1.40. The number of thiocarbonyl (C=S) groups is 1.